The van der Waals surface area contributed by atoms with Crippen molar-refractivity contribution in [3.8, 4) is 5.75 Å². The molecule has 5 rings (SSSR count). The molecule has 0 saturated carbocycles. The zero-order chi connectivity index (χ0) is 26.2. The summed E-state index contributed by atoms with van der Waals surface area (Å²) < 4.78 is 11.5. The van der Waals surface area contributed by atoms with Crippen LogP contribution >= 0.6 is 0 Å². The van der Waals surface area contributed by atoms with Crippen LogP contribution in [0.4, 0.5) is 0 Å². The fourth-order valence-corrected chi connectivity index (χ4v) is 4.23. The van der Waals surface area contributed by atoms with Crippen LogP contribution in [0.5, 0.6) is 5.75 Å². The number of amides is 1. The van der Waals surface area contributed by atoms with Gasteiger partial charge in [0.15, 0.2) is 6.04 Å². The Labute approximate surface area is 222 Å². The van der Waals surface area contributed by atoms with Gasteiger partial charge in [0.05, 0.1) is 6.54 Å². The van der Waals surface area contributed by atoms with Crippen molar-refractivity contribution in [1.82, 2.24) is 4.90 Å². The second-order valence-corrected chi connectivity index (χ2v) is 9.03. The highest BCUT2D eigenvalue weighted by molar-refractivity contribution is 5.95. The summed E-state index contributed by atoms with van der Waals surface area (Å²) in [5, 5.41) is 0. The second kappa shape index (κ2) is 12.0. The van der Waals surface area contributed by atoms with Crippen LogP contribution in [0.2, 0.25) is 0 Å². The number of likely N-dealkylation sites (tertiary alicyclic amines) is 1. The summed E-state index contributed by atoms with van der Waals surface area (Å²) in [6.07, 6.45) is 1.70. The Bertz CT molecular complexity index is 1370. The molecule has 38 heavy (non-hydrogen) atoms. The van der Waals surface area contributed by atoms with Crippen LogP contribution in [0.15, 0.2) is 120 Å². The predicted molar refractivity (Wildman–Crippen MR) is 146 cm³/mol. The summed E-state index contributed by atoms with van der Waals surface area (Å²) >= 11 is 0. The van der Waals surface area contributed by atoms with Crippen LogP contribution in [-0.4, -0.2) is 35.6 Å². The number of rotatable bonds is 10. The Kier molecular flexibility index (Phi) is 7.89. The standard InChI is InChI=1S/C32H28N2O4/c35-31-29(33-20-24-10-4-1-5-11-24)21-34(31)30(32(36)38-23-26-14-8-3-9-15-26)27-16-18-28(19-17-27)37-22-25-12-6-2-7-13-25/h1-20,29-30H,21-23H2/t29-,30?/m1/s1. The minimum Gasteiger partial charge on any atom is -0.489 e. The van der Waals surface area contributed by atoms with Crippen LogP contribution in [0.1, 0.15) is 28.3 Å². The first-order valence-corrected chi connectivity index (χ1v) is 12.5. The maximum atomic E-state index is 13.3. The zero-order valence-corrected chi connectivity index (χ0v) is 20.9. The molecule has 6 nitrogen and oxygen atoms in total. The molecular weight excluding hydrogens is 476 g/mol. The van der Waals surface area contributed by atoms with Crippen molar-refractivity contribution < 1.29 is 19.1 Å². The molecule has 1 saturated heterocycles. The molecule has 6 heteroatoms. The van der Waals surface area contributed by atoms with Crippen molar-refractivity contribution in [3.05, 3.63) is 138 Å². The van der Waals surface area contributed by atoms with Gasteiger partial charge in [-0.15, -0.1) is 0 Å². The van der Waals surface area contributed by atoms with Crippen LogP contribution in [0.3, 0.4) is 0 Å². The molecule has 0 N–H and O–H groups in total. The van der Waals surface area contributed by atoms with Gasteiger partial charge in [-0.1, -0.05) is 103 Å². The third kappa shape index (κ3) is 6.16. The fourth-order valence-electron chi connectivity index (χ4n) is 4.23. The average molecular weight is 505 g/mol. The van der Waals surface area contributed by atoms with Gasteiger partial charge >= 0.3 is 5.97 Å². The van der Waals surface area contributed by atoms with E-state index in [1.165, 1.54) is 4.90 Å². The van der Waals surface area contributed by atoms with E-state index < -0.39 is 18.1 Å². The normalized spacial score (nSPS) is 15.6. The highest BCUT2D eigenvalue weighted by Crippen LogP contribution is 2.31. The minimum absolute atomic E-state index is 0.131. The molecule has 0 radical (unpaired) electrons. The summed E-state index contributed by atoms with van der Waals surface area (Å²) in [5.41, 5.74) is 3.52. The number of β-lactam (4-membered cyclic amide) rings is 1. The highest BCUT2D eigenvalue weighted by atomic mass is 16.5. The Morgan fingerprint density at radius 1 is 0.816 bits per heavy atom. The Balaban J connectivity index is 1.29. The number of ether oxygens (including phenoxy) is 2. The number of esters is 1. The molecule has 4 aromatic rings. The van der Waals surface area contributed by atoms with E-state index in [0.29, 0.717) is 24.5 Å². The van der Waals surface area contributed by atoms with E-state index in [4.69, 9.17) is 9.47 Å². The Hall–Kier alpha value is -4.71. The van der Waals surface area contributed by atoms with Crippen molar-refractivity contribution >= 4 is 18.1 Å². The summed E-state index contributed by atoms with van der Waals surface area (Å²) in [4.78, 5) is 32.3. The van der Waals surface area contributed by atoms with Gasteiger partial charge in [0, 0.05) is 6.21 Å². The van der Waals surface area contributed by atoms with Gasteiger partial charge in [0.25, 0.3) is 0 Å². The van der Waals surface area contributed by atoms with E-state index >= 15 is 0 Å². The van der Waals surface area contributed by atoms with Crippen molar-refractivity contribution in [2.75, 3.05) is 6.54 Å². The van der Waals surface area contributed by atoms with Crippen molar-refractivity contribution in [2.45, 2.75) is 25.3 Å². The molecule has 0 spiro atoms. The first-order valence-electron chi connectivity index (χ1n) is 12.5. The number of nitrogens with zero attached hydrogens (tertiary/aromatic N) is 2. The maximum Gasteiger partial charge on any atom is 0.333 e. The summed E-state index contributed by atoms with van der Waals surface area (Å²) in [5.74, 6) is -0.0110. The zero-order valence-electron chi connectivity index (χ0n) is 20.9. The summed E-state index contributed by atoms with van der Waals surface area (Å²) in [6.45, 7) is 0.903. The largest absolute Gasteiger partial charge is 0.489 e. The highest BCUT2D eigenvalue weighted by Gasteiger charge is 2.44. The third-order valence-corrected chi connectivity index (χ3v) is 6.34. The van der Waals surface area contributed by atoms with Crippen molar-refractivity contribution in [1.29, 1.82) is 0 Å². The number of hydrogen-bond donors (Lipinski definition) is 0. The van der Waals surface area contributed by atoms with Crippen LogP contribution in [0, 0.1) is 0 Å². The molecule has 1 amide bonds. The monoisotopic (exact) mass is 504 g/mol. The van der Waals surface area contributed by atoms with E-state index in [9.17, 15) is 9.59 Å². The second-order valence-electron chi connectivity index (χ2n) is 9.03. The lowest BCUT2D eigenvalue weighted by molar-refractivity contribution is -0.163. The predicted octanol–water partition coefficient (Wildman–Crippen LogP) is 5.38. The summed E-state index contributed by atoms with van der Waals surface area (Å²) in [6, 6.07) is 34.8. The molecule has 1 aliphatic heterocycles. The molecule has 0 aromatic heterocycles. The van der Waals surface area contributed by atoms with Gasteiger partial charge < -0.3 is 14.4 Å². The molecule has 2 atom stereocenters. The fraction of sp³-hybridized carbons (Fsp3) is 0.156. The smallest absolute Gasteiger partial charge is 0.333 e. The molecule has 4 aromatic carbocycles. The molecule has 1 fully saturated rings. The Morgan fingerprint density at radius 2 is 1.39 bits per heavy atom. The molecule has 1 aliphatic rings. The SMILES string of the molecule is O=C(OCc1ccccc1)C(c1ccc(OCc2ccccc2)cc1)N1C[C@@H](N=Cc2ccccc2)C1=O. The maximum absolute atomic E-state index is 13.3. The first kappa shape index (κ1) is 25.0. The third-order valence-electron chi connectivity index (χ3n) is 6.34. The van der Waals surface area contributed by atoms with E-state index in [2.05, 4.69) is 4.99 Å². The minimum atomic E-state index is -0.863. The average Bonchev–Trinajstić information content (AvgIpc) is 2.98. The molecular formula is C32H28N2O4. The van der Waals surface area contributed by atoms with Crippen LogP contribution in [0.25, 0.3) is 0 Å². The topological polar surface area (TPSA) is 68.2 Å². The van der Waals surface area contributed by atoms with Crippen LogP contribution < -0.4 is 4.74 Å². The molecule has 1 unspecified atom stereocenters. The quantitative estimate of drug-likeness (QED) is 0.165. The van der Waals surface area contributed by atoms with E-state index in [0.717, 1.165) is 16.7 Å². The van der Waals surface area contributed by atoms with Gasteiger partial charge in [-0.2, -0.15) is 0 Å². The van der Waals surface area contributed by atoms with Gasteiger partial charge in [-0.05, 0) is 34.4 Å². The van der Waals surface area contributed by atoms with Gasteiger partial charge in [0.1, 0.15) is 25.0 Å². The summed E-state index contributed by atoms with van der Waals surface area (Å²) in [7, 11) is 0. The molecule has 1 heterocycles. The van der Waals surface area contributed by atoms with E-state index in [1.807, 2.05) is 115 Å². The number of hydrogen-bond acceptors (Lipinski definition) is 5. The first-order chi connectivity index (χ1) is 18.7. The van der Waals surface area contributed by atoms with Crippen molar-refractivity contribution in [3.63, 3.8) is 0 Å². The lowest BCUT2D eigenvalue weighted by Gasteiger charge is -2.40. The van der Waals surface area contributed by atoms with Gasteiger partial charge in [0.2, 0.25) is 5.91 Å². The lowest BCUT2D eigenvalue weighted by Crippen LogP contribution is -2.58. The number of carbonyl (C=O) groups excluding carboxylic acids is 2. The van der Waals surface area contributed by atoms with Gasteiger partial charge in [-0.3, -0.25) is 9.79 Å². The number of carbonyl (C=O) groups is 2. The molecule has 0 aliphatic carbocycles. The van der Waals surface area contributed by atoms with Gasteiger partial charge in [-0.25, -0.2) is 4.79 Å². The Morgan fingerprint density at radius 3 is 2.00 bits per heavy atom. The van der Waals surface area contributed by atoms with E-state index in [1.54, 1.807) is 6.21 Å². The number of benzene rings is 4. The van der Waals surface area contributed by atoms with E-state index in [-0.39, 0.29) is 12.5 Å². The van der Waals surface area contributed by atoms with Crippen molar-refractivity contribution in [2.24, 2.45) is 4.99 Å². The molecule has 190 valence electrons. The number of aliphatic imine (C=N–C) groups is 1. The lowest BCUT2D eigenvalue weighted by atomic mass is 9.98. The molecule has 0 bridgehead atoms. The van der Waals surface area contributed by atoms with Crippen LogP contribution in [-0.2, 0) is 27.5 Å².